The maximum absolute atomic E-state index is 13.0. The van der Waals surface area contributed by atoms with Gasteiger partial charge in [-0.2, -0.15) is 0 Å². The lowest BCUT2D eigenvalue weighted by molar-refractivity contribution is 0.00293. The first kappa shape index (κ1) is 13.7. The molecule has 1 atom stereocenters. The number of alkyl halides is 2. The first-order valence-electron chi connectivity index (χ1n) is 5.62. The van der Waals surface area contributed by atoms with E-state index in [4.69, 9.17) is 33.7 Å². The third-order valence-corrected chi connectivity index (χ3v) is 3.55. The Morgan fingerprint density at radius 2 is 1.94 bits per heavy atom. The summed E-state index contributed by atoms with van der Waals surface area (Å²) >= 11 is 11.9. The van der Waals surface area contributed by atoms with Crippen molar-refractivity contribution in [1.29, 1.82) is 0 Å². The zero-order valence-corrected chi connectivity index (χ0v) is 11.1. The minimum Gasteiger partial charge on any atom is -0.490 e. The lowest BCUT2D eigenvalue weighted by atomic mass is 10.1. The molecule has 0 radical (unpaired) electrons. The fourth-order valence-corrected chi connectivity index (χ4v) is 2.72. The van der Waals surface area contributed by atoms with Gasteiger partial charge in [0.1, 0.15) is 0 Å². The molecule has 18 heavy (non-hydrogen) atoms. The van der Waals surface area contributed by atoms with Gasteiger partial charge in [0.05, 0.1) is 16.7 Å². The van der Waals surface area contributed by atoms with E-state index < -0.39 is 5.92 Å². The van der Waals surface area contributed by atoms with Crippen molar-refractivity contribution in [3.63, 3.8) is 0 Å². The summed E-state index contributed by atoms with van der Waals surface area (Å²) in [5.41, 5.74) is 5.99. The summed E-state index contributed by atoms with van der Waals surface area (Å²) in [6, 6.07) is 3.04. The molecule has 0 heterocycles. The molecule has 0 aromatic heterocycles. The van der Waals surface area contributed by atoms with Gasteiger partial charge in [-0.1, -0.05) is 23.2 Å². The second-order valence-corrected chi connectivity index (χ2v) is 5.40. The summed E-state index contributed by atoms with van der Waals surface area (Å²) < 4.78 is 31.5. The molecule has 6 heteroatoms. The highest BCUT2D eigenvalue weighted by molar-refractivity contribution is 6.37. The molecule has 2 rings (SSSR count). The maximum Gasteiger partial charge on any atom is 0.248 e. The average Bonchev–Trinajstić information content (AvgIpc) is 2.56. The van der Waals surface area contributed by atoms with Crippen LogP contribution >= 0.6 is 23.2 Å². The number of nitrogen functional groups attached to an aromatic ring is 1. The Bertz CT molecular complexity index is 431. The van der Waals surface area contributed by atoms with E-state index in [0.29, 0.717) is 27.9 Å². The second kappa shape index (κ2) is 5.10. The molecule has 0 aliphatic heterocycles. The minimum atomic E-state index is -2.57. The summed E-state index contributed by atoms with van der Waals surface area (Å²) in [5.74, 6) is -2.42. The fourth-order valence-electron chi connectivity index (χ4n) is 2.10. The summed E-state index contributed by atoms with van der Waals surface area (Å²) in [6.07, 6.45) is 0.235. The van der Waals surface area contributed by atoms with Crippen LogP contribution in [-0.2, 0) is 0 Å². The monoisotopic (exact) mass is 295 g/mol. The van der Waals surface area contributed by atoms with Gasteiger partial charge >= 0.3 is 0 Å². The Hall–Kier alpha value is -0.740. The van der Waals surface area contributed by atoms with Crippen LogP contribution < -0.4 is 10.5 Å². The van der Waals surface area contributed by atoms with Crippen LogP contribution in [0.2, 0.25) is 10.0 Å². The quantitative estimate of drug-likeness (QED) is 0.840. The Balaban J connectivity index is 1.99. The molecule has 0 bridgehead atoms. The van der Waals surface area contributed by atoms with Crippen molar-refractivity contribution in [2.75, 3.05) is 12.3 Å². The van der Waals surface area contributed by atoms with Gasteiger partial charge < -0.3 is 10.5 Å². The summed E-state index contributed by atoms with van der Waals surface area (Å²) in [6.45, 7) is 0.193. The molecule has 2 N–H and O–H groups in total. The topological polar surface area (TPSA) is 35.2 Å². The predicted octanol–water partition coefficient (Wildman–Crippen LogP) is 4.39. The van der Waals surface area contributed by atoms with E-state index in [1.165, 1.54) is 12.1 Å². The van der Waals surface area contributed by atoms with Gasteiger partial charge in [-0.3, -0.25) is 0 Å². The smallest absolute Gasteiger partial charge is 0.248 e. The lowest BCUT2D eigenvalue weighted by Crippen LogP contribution is -2.14. The van der Waals surface area contributed by atoms with E-state index in [9.17, 15) is 8.78 Å². The Morgan fingerprint density at radius 1 is 1.33 bits per heavy atom. The van der Waals surface area contributed by atoms with Crippen LogP contribution in [0.15, 0.2) is 12.1 Å². The molecule has 1 aromatic carbocycles. The predicted molar refractivity (Wildman–Crippen MR) is 68.7 cm³/mol. The molecule has 0 amide bonds. The molecule has 1 aromatic rings. The second-order valence-electron chi connectivity index (χ2n) is 4.59. The number of hydrogen-bond acceptors (Lipinski definition) is 2. The van der Waals surface area contributed by atoms with Gasteiger partial charge in [-0.05, 0) is 24.5 Å². The largest absolute Gasteiger partial charge is 0.490 e. The van der Waals surface area contributed by atoms with Crippen molar-refractivity contribution >= 4 is 28.9 Å². The fraction of sp³-hybridized carbons (Fsp3) is 0.500. The van der Waals surface area contributed by atoms with Crippen LogP contribution in [0.25, 0.3) is 0 Å². The highest BCUT2D eigenvalue weighted by Crippen LogP contribution is 2.40. The molecular weight excluding hydrogens is 283 g/mol. The molecular formula is C12H13Cl2F2NO. The van der Waals surface area contributed by atoms with Crippen molar-refractivity contribution in [3.05, 3.63) is 22.2 Å². The van der Waals surface area contributed by atoms with E-state index in [1.54, 1.807) is 0 Å². The standard InChI is InChI=1S/C12H13Cl2F2NO/c13-9-3-8(17)4-10(14)11(9)18-6-7-1-2-12(15,16)5-7/h3-4,7H,1-2,5-6,17H2. The van der Waals surface area contributed by atoms with Gasteiger partial charge in [-0.25, -0.2) is 8.78 Å². The van der Waals surface area contributed by atoms with Crippen molar-refractivity contribution in [2.45, 2.75) is 25.2 Å². The zero-order chi connectivity index (χ0) is 13.3. The van der Waals surface area contributed by atoms with Gasteiger partial charge in [0.25, 0.3) is 0 Å². The molecule has 1 fully saturated rings. The summed E-state index contributed by atoms with van der Waals surface area (Å²) in [4.78, 5) is 0. The number of ether oxygens (including phenoxy) is 1. The first-order chi connectivity index (χ1) is 8.37. The van der Waals surface area contributed by atoms with Gasteiger partial charge in [0, 0.05) is 18.5 Å². The van der Waals surface area contributed by atoms with Crippen LogP contribution in [0.1, 0.15) is 19.3 Å². The third kappa shape index (κ3) is 3.18. The van der Waals surface area contributed by atoms with E-state index in [1.807, 2.05) is 0 Å². The number of anilines is 1. The van der Waals surface area contributed by atoms with Crippen LogP contribution in [0.5, 0.6) is 5.75 Å². The van der Waals surface area contributed by atoms with Crippen molar-refractivity contribution < 1.29 is 13.5 Å². The third-order valence-electron chi connectivity index (χ3n) is 2.99. The van der Waals surface area contributed by atoms with Crippen LogP contribution in [0.3, 0.4) is 0 Å². The summed E-state index contributed by atoms with van der Waals surface area (Å²) in [5, 5.41) is 0.592. The van der Waals surface area contributed by atoms with E-state index in [-0.39, 0.29) is 25.4 Å². The van der Waals surface area contributed by atoms with Gasteiger partial charge in [-0.15, -0.1) is 0 Å². The normalized spacial score (nSPS) is 22.1. The van der Waals surface area contributed by atoms with Crippen LogP contribution in [0, 0.1) is 5.92 Å². The van der Waals surface area contributed by atoms with Crippen molar-refractivity contribution in [3.8, 4) is 5.75 Å². The molecule has 2 nitrogen and oxygen atoms in total. The highest BCUT2D eigenvalue weighted by atomic mass is 35.5. The number of hydrogen-bond donors (Lipinski definition) is 1. The van der Waals surface area contributed by atoms with Gasteiger partial charge in [0.15, 0.2) is 5.75 Å². The number of halogens is 4. The molecule has 1 aliphatic carbocycles. The molecule has 1 unspecified atom stereocenters. The van der Waals surface area contributed by atoms with Crippen molar-refractivity contribution in [1.82, 2.24) is 0 Å². The van der Waals surface area contributed by atoms with E-state index >= 15 is 0 Å². The molecule has 1 saturated carbocycles. The van der Waals surface area contributed by atoms with E-state index in [0.717, 1.165) is 0 Å². The zero-order valence-electron chi connectivity index (χ0n) is 9.56. The first-order valence-corrected chi connectivity index (χ1v) is 6.38. The number of nitrogens with two attached hydrogens (primary N) is 1. The van der Waals surface area contributed by atoms with Crippen LogP contribution in [0.4, 0.5) is 14.5 Å². The Labute approximate surface area is 114 Å². The van der Waals surface area contributed by atoms with E-state index in [2.05, 4.69) is 0 Å². The molecule has 0 spiro atoms. The number of rotatable bonds is 3. The minimum absolute atomic E-state index is 0.0791. The van der Waals surface area contributed by atoms with Crippen molar-refractivity contribution in [2.24, 2.45) is 5.92 Å². The average molecular weight is 296 g/mol. The molecule has 0 saturated heterocycles. The van der Waals surface area contributed by atoms with Crippen LogP contribution in [-0.4, -0.2) is 12.5 Å². The maximum atomic E-state index is 13.0. The Kier molecular flexibility index (Phi) is 3.87. The van der Waals surface area contributed by atoms with Gasteiger partial charge in [0.2, 0.25) is 5.92 Å². The number of benzene rings is 1. The lowest BCUT2D eigenvalue weighted by Gasteiger charge is -2.14. The summed E-state index contributed by atoms with van der Waals surface area (Å²) in [7, 11) is 0. The SMILES string of the molecule is Nc1cc(Cl)c(OCC2CCC(F)(F)C2)c(Cl)c1. The highest BCUT2D eigenvalue weighted by Gasteiger charge is 2.39. The molecule has 100 valence electrons. The Morgan fingerprint density at radius 3 is 2.44 bits per heavy atom. The molecule has 1 aliphatic rings.